The summed E-state index contributed by atoms with van der Waals surface area (Å²) in [5.41, 5.74) is 2.57. The molecular weight excluding hydrogens is 294 g/mol. The first-order valence-electron chi connectivity index (χ1n) is 8.00. The average molecular weight is 317 g/mol. The molecule has 0 unspecified atom stereocenters. The van der Waals surface area contributed by atoms with E-state index in [9.17, 15) is 8.42 Å². The van der Waals surface area contributed by atoms with E-state index in [0.717, 1.165) is 31.2 Å². The molecule has 22 heavy (non-hydrogen) atoms. The third-order valence-corrected chi connectivity index (χ3v) is 6.60. The van der Waals surface area contributed by atoms with Gasteiger partial charge >= 0.3 is 0 Å². The van der Waals surface area contributed by atoms with Crippen molar-refractivity contribution in [1.29, 1.82) is 0 Å². The highest BCUT2D eigenvalue weighted by molar-refractivity contribution is 7.89. The van der Waals surface area contributed by atoms with Gasteiger partial charge in [-0.1, -0.05) is 41.5 Å². The van der Waals surface area contributed by atoms with Crippen LogP contribution in [-0.2, 0) is 10.0 Å². The van der Waals surface area contributed by atoms with Gasteiger partial charge in [0.05, 0.1) is 4.90 Å². The Morgan fingerprint density at radius 1 is 1.09 bits per heavy atom. The van der Waals surface area contributed by atoms with Crippen molar-refractivity contribution >= 4 is 10.0 Å². The Labute approximate surface area is 133 Å². The van der Waals surface area contributed by atoms with Crippen LogP contribution in [0.4, 0.5) is 0 Å². The van der Waals surface area contributed by atoms with Crippen molar-refractivity contribution in [3.8, 4) is 0 Å². The molecule has 1 heterocycles. The Balaban J connectivity index is 1.69. The van der Waals surface area contributed by atoms with Gasteiger partial charge < -0.3 is 0 Å². The molecule has 0 amide bonds. The second-order valence-electron chi connectivity index (χ2n) is 6.20. The molecule has 2 aliphatic rings. The number of allylic oxidation sites excluding steroid dienone is 4. The van der Waals surface area contributed by atoms with Gasteiger partial charge in [-0.25, -0.2) is 8.42 Å². The van der Waals surface area contributed by atoms with Crippen LogP contribution in [0.3, 0.4) is 0 Å². The second kappa shape index (κ2) is 6.39. The van der Waals surface area contributed by atoms with E-state index < -0.39 is 10.0 Å². The first-order valence-corrected chi connectivity index (χ1v) is 9.44. The molecule has 1 fully saturated rings. The van der Waals surface area contributed by atoms with Crippen molar-refractivity contribution in [1.82, 2.24) is 4.31 Å². The van der Waals surface area contributed by atoms with E-state index in [1.165, 1.54) is 5.57 Å². The SMILES string of the molecule is Cc1ccc(S(=O)(=O)N2CCC(C3=CC=CCC3)CC2)cc1. The van der Waals surface area contributed by atoms with E-state index in [4.69, 9.17) is 0 Å². The van der Waals surface area contributed by atoms with E-state index in [2.05, 4.69) is 18.2 Å². The van der Waals surface area contributed by atoms with Crippen LogP contribution in [0.15, 0.2) is 53.0 Å². The molecule has 0 bridgehead atoms. The highest BCUT2D eigenvalue weighted by Crippen LogP contribution is 2.31. The molecule has 3 rings (SSSR count). The maximum Gasteiger partial charge on any atom is 0.243 e. The number of sulfonamides is 1. The zero-order chi connectivity index (χ0) is 15.6. The van der Waals surface area contributed by atoms with Crippen LogP contribution >= 0.6 is 0 Å². The lowest BCUT2D eigenvalue weighted by Gasteiger charge is -2.33. The minimum Gasteiger partial charge on any atom is -0.207 e. The van der Waals surface area contributed by atoms with Crippen LogP contribution in [0.2, 0.25) is 0 Å². The van der Waals surface area contributed by atoms with E-state index in [-0.39, 0.29) is 0 Å². The van der Waals surface area contributed by atoms with Crippen LogP contribution in [0, 0.1) is 12.8 Å². The lowest BCUT2D eigenvalue weighted by Crippen LogP contribution is -2.38. The van der Waals surface area contributed by atoms with Crippen LogP contribution in [0.25, 0.3) is 0 Å². The van der Waals surface area contributed by atoms with E-state index >= 15 is 0 Å². The van der Waals surface area contributed by atoms with Gasteiger partial charge in [-0.15, -0.1) is 0 Å². The van der Waals surface area contributed by atoms with E-state index in [0.29, 0.717) is 23.9 Å². The van der Waals surface area contributed by atoms with Crippen molar-refractivity contribution < 1.29 is 8.42 Å². The van der Waals surface area contributed by atoms with Gasteiger partial charge in [0.1, 0.15) is 0 Å². The first-order chi connectivity index (χ1) is 10.6. The minimum atomic E-state index is -3.33. The Morgan fingerprint density at radius 3 is 2.36 bits per heavy atom. The highest BCUT2D eigenvalue weighted by atomic mass is 32.2. The predicted octanol–water partition coefficient (Wildman–Crippen LogP) is 3.67. The third-order valence-electron chi connectivity index (χ3n) is 4.68. The molecule has 0 spiro atoms. The molecule has 118 valence electrons. The molecule has 1 saturated heterocycles. The predicted molar refractivity (Wildman–Crippen MR) is 89.1 cm³/mol. The van der Waals surface area contributed by atoms with Gasteiger partial charge in [-0.05, 0) is 50.7 Å². The van der Waals surface area contributed by atoms with E-state index in [1.807, 2.05) is 19.1 Å². The van der Waals surface area contributed by atoms with Crippen LogP contribution in [-0.4, -0.2) is 25.8 Å². The minimum absolute atomic E-state index is 0.413. The summed E-state index contributed by atoms with van der Waals surface area (Å²) in [6, 6.07) is 7.15. The summed E-state index contributed by atoms with van der Waals surface area (Å²) in [5.74, 6) is 0.550. The fraction of sp³-hybridized carbons (Fsp3) is 0.444. The van der Waals surface area contributed by atoms with Crippen molar-refractivity contribution in [3.63, 3.8) is 0 Å². The first kappa shape index (κ1) is 15.5. The summed E-state index contributed by atoms with van der Waals surface area (Å²) in [7, 11) is -3.33. The number of benzene rings is 1. The Bertz CT molecular complexity index is 678. The molecule has 1 aromatic carbocycles. The lowest BCUT2D eigenvalue weighted by molar-refractivity contribution is 0.294. The molecule has 1 aliphatic carbocycles. The quantitative estimate of drug-likeness (QED) is 0.853. The average Bonchev–Trinajstić information content (AvgIpc) is 2.56. The fourth-order valence-corrected chi connectivity index (χ4v) is 4.76. The maximum atomic E-state index is 12.7. The summed E-state index contributed by atoms with van der Waals surface area (Å²) in [6.45, 7) is 3.22. The van der Waals surface area contributed by atoms with Crippen LogP contribution in [0.1, 0.15) is 31.2 Å². The topological polar surface area (TPSA) is 37.4 Å². The molecule has 1 aromatic rings. The normalized spacial score (nSPS) is 20.9. The van der Waals surface area contributed by atoms with Gasteiger partial charge in [0.25, 0.3) is 0 Å². The smallest absolute Gasteiger partial charge is 0.207 e. The fourth-order valence-electron chi connectivity index (χ4n) is 3.29. The molecular formula is C18H23NO2S. The van der Waals surface area contributed by atoms with Gasteiger partial charge in [-0.2, -0.15) is 4.31 Å². The van der Waals surface area contributed by atoms with Gasteiger partial charge in [0.15, 0.2) is 0 Å². The Hall–Kier alpha value is -1.39. The number of nitrogens with zero attached hydrogens (tertiary/aromatic N) is 1. The molecule has 1 aliphatic heterocycles. The number of aryl methyl sites for hydroxylation is 1. The number of hydrogen-bond donors (Lipinski definition) is 0. The summed E-state index contributed by atoms with van der Waals surface area (Å²) in [5, 5.41) is 0. The van der Waals surface area contributed by atoms with E-state index in [1.54, 1.807) is 16.4 Å². The number of hydrogen-bond acceptors (Lipinski definition) is 2. The number of rotatable bonds is 3. The summed E-state index contributed by atoms with van der Waals surface area (Å²) >= 11 is 0. The molecule has 4 heteroatoms. The third kappa shape index (κ3) is 3.18. The van der Waals surface area contributed by atoms with Gasteiger partial charge in [0, 0.05) is 13.1 Å². The molecule has 0 atom stereocenters. The van der Waals surface area contributed by atoms with Crippen molar-refractivity contribution in [3.05, 3.63) is 53.6 Å². The number of piperidine rings is 1. The molecule has 3 nitrogen and oxygen atoms in total. The molecule has 0 radical (unpaired) electrons. The second-order valence-corrected chi connectivity index (χ2v) is 8.14. The molecule has 0 N–H and O–H groups in total. The van der Waals surface area contributed by atoms with Crippen molar-refractivity contribution in [2.75, 3.05) is 13.1 Å². The zero-order valence-corrected chi connectivity index (χ0v) is 13.8. The van der Waals surface area contributed by atoms with Gasteiger partial charge in [0.2, 0.25) is 10.0 Å². The maximum absolute atomic E-state index is 12.7. The monoisotopic (exact) mass is 317 g/mol. The lowest BCUT2D eigenvalue weighted by atomic mass is 9.85. The standard InChI is InChI=1S/C18H23NO2S/c1-15-7-9-18(10-8-15)22(20,21)19-13-11-17(12-14-19)16-5-3-2-4-6-16/h2-3,5,7-10,17H,4,6,11-14H2,1H3. The van der Waals surface area contributed by atoms with Crippen molar-refractivity contribution in [2.24, 2.45) is 5.92 Å². The summed E-state index contributed by atoms with van der Waals surface area (Å²) < 4.78 is 27.0. The zero-order valence-electron chi connectivity index (χ0n) is 13.0. The van der Waals surface area contributed by atoms with Crippen LogP contribution < -0.4 is 0 Å². The largest absolute Gasteiger partial charge is 0.243 e. The summed E-state index contributed by atoms with van der Waals surface area (Å²) in [4.78, 5) is 0.413. The molecule has 0 aromatic heterocycles. The Morgan fingerprint density at radius 2 is 1.77 bits per heavy atom. The van der Waals surface area contributed by atoms with Gasteiger partial charge in [-0.3, -0.25) is 0 Å². The molecule has 0 saturated carbocycles. The van der Waals surface area contributed by atoms with Crippen molar-refractivity contribution in [2.45, 2.75) is 37.5 Å². The van der Waals surface area contributed by atoms with Crippen LogP contribution in [0.5, 0.6) is 0 Å². The summed E-state index contributed by atoms with van der Waals surface area (Å²) in [6.07, 6.45) is 10.7. The highest BCUT2D eigenvalue weighted by Gasteiger charge is 2.30. The Kier molecular flexibility index (Phi) is 4.50.